The van der Waals surface area contributed by atoms with E-state index < -0.39 is 42.2 Å². The summed E-state index contributed by atoms with van der Waals surface area (Å²) in [5.41, 5.74) is 3.04. The minimum Gasteiger partial charge on any atom is -0.390 e. The van der Waals surface area contributed by atoms with E-state index in [0.717, 1.165) is 57.8 Å². The highest BCUT2D eigenvalue weighted by molar-refractivity contribution is 5.86. The van der Waals surface area contributed by atoms with Crippen molar-refractivity contribution in [1.82, 2.24) is 25.6 Å². The maximum absolute atomic E-state index is 14.5. The van der Waals surface area contributed by atoms with Crippen LogP contribution in [0.3, 0.4) is 0 Å². The lowest BCUT2D eigenvalue weighted by molar-refractivity contribution is -0.143. The lowest BCUT2D eigenvalue weighted by Crippen LogP contribution is -2.55. The number of halogens is 2. The Morgan fingerprint density at radius 3 is 1.86 bits per heavy atom. The lowest BCUT2D eigenvalue weighted by Gasteiger charge is -2.38. The van der Waals surface area contributed by atoms with Gasteiger partial charge in [0.15, 0.2) is 0 Å². The molecule has 0 aromatic rings. The second-order valence-electron chi connectivity index (χ2n) is 15.7. The van der Waals surface area contributed by atoms with Gasteiger partial charge >= 0.3 is 0 Å². The van der Waals surface area contributed by atoms with Gasteiger partial charge in [0.25, 0.3) is 0 Å². The molecule has 0 saturated heterocycles. The molecule has 3 fully saturated rings. The van der Waals surface area contributed by atoms with Gasteiger partial charge in [0.2, 0.25) is 23.6 Å². The standard InChI is InChI=1S/C38H67F2N5O5/c1-6-9-17-45(42-36(48)27-13-11-10-12-14-27)25-34(46)33(20-26-18-31(39)24-32(40)19-26)41-35(47)28-21-29(37(49)43(4)5)23-30(22-28)38(50)44(15-7-2)16-8-3/h26-34,46H,6-25H2,1-5H3,(H,41,47)(H,42,48). The summed E-state index contributed by atoms with van der Waals surface area (Å²) in [4.78, 5) is 57.7. The number of hydrogen-bond acceptors (Lipinski definition) is 6. The molecule has 288 valence electrons. The summed E-state index contributed by atoms with van der Waals surface area (Å²) in [6.07, 6.45) is 5.69. The van der Waals surface area contributed by atoms with Crippen molar-refractivity contribution in [3.63, 3.8) is 0 Å². The van der Waals surface area contributed by atoms with Crippen molar-refractivity contribution in [3.05, 3.63) is 0 Å². The molecule has 0 spiro atoms. The molecule has 3 saturated carbocycles. The van der Waals surface area contributed by atoms with Crippen LogP contribution in [0.25, 0.3) is 0 Å². The predicted molar refractivity (Wildman–Crippen MR) is 191 cm³/mol. The van der Waals surface area contributed by atoms with Crippen LogP contribution < -0.4 is 10.7 Å². The third kappa shape index (κ3) is 13.0. The molecule has 0 aromatic heterocycles. The van der Waals surface area contributed by atoms with Crippen molar-refractivity contribution in [3.8, 4) is 0 Å². The highest BCUT2D eigenvalue weighted by Crippen LogP contribution is 2.37. The second-order valence-corrected chi connectivity index (χ2v) is 15.7. The Morgan fingerprint density at radius 1 is 0.720 bits per heavy atom. The van der Waals surface area contributed by atoms with Crippen molar-refractivity contribution >= 4 is 23.6 Å². The van der Waals surface area contributed by atoms with Crippen molar-refractivity contribution in [2.24, 2.45) is 29.6 Å². The summed E-state index contributed by atoms with van der Waals surface area (Å²) >= 11 is 0. The molecule has 12 heteroatoms. The number of amides is 4. The molecule has 3 aliphatic rings. The maximum atomic E-state index is 14.5. The molecule has 10 nitrogen and oxygen atoms in total. The highest BCUT2D eigenvalue weighted by atomic mass is 19.1. The predicted octanol–water partition coefficient (Wildman–Crippen LogP) is 5.18. The molecule has 7 atom stereocenters. The molecule has 7 unspecified atom stereocenters. The van der Waals surface area contributed by atoms with Crippen LogP contribution in [0.5, 0.6) is 0 Å². The minimum absolute atomic E-state index is 0.0372. The molecule has 0 aromatic carbocycles. The number of carbonyl (C=O) groups is 4. The summed E-state index contributed by atoms with van der Waals surface area (Å²) in [5.74, 6) is -2.69. The van der Waals surface area contributed by atoms with E-state index in [0.29, 0.717) is 26.1 Å². The van der Waals surface area contributed by atoms with Crippen LogP contribution in [0.4, 0.5) is 8.78 Å². The molecule has 3 N–H and O–H groups in total. The van der Waals surface area contributed by atoms with E-state index in [1.54, 1.807) is 19.1 Å². The van der Waals surface area contributed by atoms with Gasteiger partial charge in [0.1, 0.15) is 12.3 Å². The Balaban J connectivity index is 1.83. The summed E-state index contributed by atoms with van der Waals surface area (Å²) in [6.45, 7) is 7.86. The first kappa shape index (κ1) is 42.1. The monoisotopic (exact) mass is 712 g/mol. The third-order valence-corrected chi connectivity index (χ3v) is 11.0. The molecular weight excluding hydrogens is 644 g/mol. The quantitative estimate of drug-likeness (QED) is 0.169. The van der Waals surface area contributed by atoms with Crippen LogP contribution in [-0.2, 0) is 19.2 Å². The van der Waals surface area contributed by atoms with Crippen LogP contribution in [0.15, 0.2) is 0 Å². The number of hydrogen-bond donors (Lipinski definition) is 3. The molecule has 0 heterocycles. The normalized spacial score (nSPS) is 27.3. The Morgan fingerprint density at radius 2 is 1.30 bits per heavy atom. The number of hydrazine groups is 1. The van der Waals surface area contributed by atoms with Gasteiger partial charge < -0.3 is 20.2 Å². The van der Waals surface area contributed by atoms with Gasteiger partial charge in [0.05, 0.1) is 12.1 Å². The van der Waals surface area contributed by atoms with E-state index in [-0.39, 0.29) is 80.5 Å². The van der Waals surface area contributed by atoms with Gasteiger partial charge in [0, 0.05) is 70.4 Å². The number of unbranched alkanes of at least 4 members (excludes halogenated alkanes) is 1. The van der Waals surface area contributed by atoms with E-state index in [4.69, 9.17) is 0 Å². The van der Waals surface area contributed by atoms with Crippen molar-refractivity contribution in [2.75, 3.05) is 40.3 Å². The number of nitrogens with zero attached hydrogens (tertiary/aromatic N) is 3. The Labute approximate surface area is 299 Å². The number of carbonyl (C=O) groups excluding carboxylic acids is 4. The van der Waals surface area contributed by atoms with Crippen molar-refractivity contribution < 1.29 is 33.1 Å². The fraction of sp³-hybridized carbons (Fsp3) is 0.895. The van der Waals surface area contributed by atoms with Crippen LogP contribution in [0.2, 0.25) is 0 Å². The number of alkyl halides is 2. The van der Waals surface area contributed by atoms with Crippen molar-refractivity contribution in [1.29, 1.82) is 0 Å². The van der Waals surface area contributed by atoms with E-state index in [1.165, 1.54) is 4.90 Å². The smallest absolute Gasteiger partial charge is 0.237 e. The zero-order valence-electron chi connectivity index (χ0n) is 31.5. The molecule has 50 heavy (non-hydrogen) atoms. The second kappa shape index (κ2) is 21.2. The Hall–Kier alpha value is -2.34. The fourth-order valence-corrected chi connectivity index (χ4v) is 8.39. The maximum Gasteiger partial charge on any atom is 0.237 e. The third-order valence-electron chi connectivity index (χ3n) is 11.0. The van der Waals surface area contributed by atoms with Crippen molar-refractivity contribution in [2.45, 2.75) is 148 Å². The van der Waals surface area contributed by atoms with Crippen LogP contribution in [-0.4, -0.2) is 108 Å². The zero-order chi connectivity index (χ0) is 36.8. The summed E-state index contributed by atoms with van der Waals surface area (Å²) in [6, 6.07) is -0.837. The Kier molecular flexibility index (Phi) is 17.9. The molecule has 0 radical (unpaired) electrons. The van der Waals surface area contributed by atoms with Crippen LogP contribution in [0.1, 0.15) is 124 Å². The number of nitrogens with one attached hydrogen (secondary N) is 2. The van der Waals surface area contributed by atoms with Gasteiger partial charge in [-0.25, -0.2) is 13.8 Å². The van der Waals surface area contributed by atoms with Gasteiger partial charge in [-0.15, -0.1) is 0 Å². The first-order valence-corrected chi connectivity index (χ1v) is 19.7. The van der Waals surface area contributed by atoms with E-state index in [1.807, 2.05) is 25.7 Å². The summed E-state index contributed by atoms with van der Waals surface area (Å²) in [7, 11) is 3.35. The van der Waals surface area contributed by atoms with E-state index in [9.17, 15) is 33.1 Å². The lowest BCUT2D eigenvalue weighted by atomic mass is 9.73. The van der Waals surface area contributed by atoms with E-state index in [2.05, 4.69) is 10.7 Å². The van der Waals surface area contributed by atoms with Gasteiger partial charge in [-0.2, -0.15) is 0 Å². The number of rotatable bonds is 18. The summed E-state index contributed by atoms with van der Waals surface area (Å²) < 4.78 is 29.0. The average molecular weight is 712 g/mol. The fourth-order valence-electron chi connectivity index (χ4n) is 8.39. The van der Waals surface area contributed by atoms with Gasteiger partial charge in [-0.05, 0) is 76.5 Å². The van der Waals surface area contributed by atoms with Gasteiger partial charge in [-0.1, -0.05) is 46.5 Å². The molecule has 0 aliphatic heterocycles. The molecule has 3 rings (SSSR count). The van der Waals surface area contributed by atoms with Gasteiger partial charge in [-0.3, -0.25) is 24.6 Å². The number of aliphatic hydroxyl groups excluding tert-OH is 1. The van der Waals surface area contributed by atoms with Crippen LogP contribution in [0, 0.1) is 29.6 Å². The SMILES string of the molecule is CCCCN(CC(O)C(CC1CC(F)CC(F)C1)NC(=O)C1CC(C(=O)N(C)C)CC(C(=O)N(CCC)CCC)C1)NC(=O)C1CCCCC1. The largest absolute Gasteiger partial charge is 0.390 e. The number of aliphatic hydroxyl groups is 1. The first-order valence-electron chi connectivity index (χ1n) is 19.7. The first-order chi connectivity index (χ1) is 23.9. The summed E-state index contributed by atoms with van der Waals surface area (Å²) in [5, 5.41) is 16.5. The Bertz CT molecular complexity index is 1060. The van der Waals surface area contributed by atoms with Crippen LogP contribution >= 0.6 is 0 Å². The zero-order valence-corrected chi connectivity index (χ0v) is 31.5. The minimum atomic E-state index is -1.29. The molecule has 3 aliphatic carbocycles. The van der Waals surface area contributed by atoms with E-state index >= 15 is 0 Å². The molecular formula is C38H67F2N5O5. The molecule has 4 amide bonds. The highest BCUT2D eigenvalue weighted by Gasteiger charge is 2.42. The average Bonchev–Trinajstić information content (AvgIpc) is 3.09. The topological polar surface area (TPSA) is 122 Å². The molecule has 0 bridgehead atoms.